The van der Waals surface area contributed by atoms with Gasteiger partial charge in [-0.05, 0) is 43.2 Å². The summed E-state index contributed by atoms with van der Waals surface area (Å²) in [5, 5.41) is 5.88. The second-order valence-corrected chi connectivity index (χ2v) is 5.95. The molecule has 0 aliphatic carbocycles. The summed E-state index contributed by atoms with van der Waals surface area (Å²) in [5.74, 6) is 0.0579. The number of hydrogen-bond donors (Lipinski definition) is 3. The number of anilines is 2. The van der Waals surface area contributed by atoms with E-state index in [4.69, 9.17) is 22.1 Å². The number of urea groups is 1. The predicted molar refractivity (Wildman–Crippen MR) is 98.9 cm³/mol. The fourth-order valence-electron chi connectivity index (χ4n) is 2.21. The van der Waals surface area contributed by atoms with Crippen molar-refractivity contribution in [3.05, 3.63) is 47.2 Å². The molecule has 2 rings (SSSR count). The van der Waals surface area contributed by atoms with Crippen molar-refractivity contribution in [3.8, 4) is 11.5 Å². The van der Waals surface area contributed by atoms with Crippen LogP contribution in [0.1, 0.15) is 26.7 Å². The predicted octanol–water partition coefficient (Wildman–Crippen LogP) is 5.16. The maximum absolute atomic E-state index is 13.5. The number of nitrogens with two attached hydrogens (primary N) is 1. The number of benzene rings is 2. The standard InChI is InChI=1S/C18H21ClFN3O2/c1-3-11(4-2)22-18(24)23-12-5-8-17(14(19)9-12)25-13-6-7-16(21)15(20)10-13/h5-11H,3-4,21H2,1-2H3,(H2,22,23,24). The molecule has 0 aliphatic rings. The van der Waals surface area contributed by atoms with Crippen molar-refractivity contribution in [1.82, 2.24) is 5.32 Å². The molecule has 2 aromatic rings. The number of ether oxygens (including phenoxy) is 1. The van der Waals surface area contributed by atoms with Gasteiger partial charge in [0.2, 0.25) is 0 Å². The van der Waals surface area contributed by atoms with Crippen LogP contribution in [0.5, 0.6) is 11.5 Å². The van der Waals surface area contributed by atoms with Crippen LogP contribution in [0, 0.1) is 5.82 Å². The number of nitrogens with one attached hydrogen (secondary N) is 2. The van der Waals surface area contributed by atoms with Crippen LogP contribution in [-0.2, 0) is 0 Å². The van der Waals surface area contributed by atoms with Crippen LogP contribution in [0.3, 0.4) is 0 Å². The lowest BCUT2D eigenvalue weighted by molar-refractivity contribution is 0.247. The van der Waals surface area contributed by atoms with Crippen LogP contribution in [0.15, 0.2) is 36.4 Å². The minimum absolute atomic E-state index is 0.0430. The van der Waals surface area contributed by atoms with Crippen molar-refractivity contribution in [1.29, 1.82) is 0 Å². The zero-order valence-corrected chi connectivity index (χ0v) is 14.9. The van der Waals surface area contributed by atoms with Crippen LogP contribution in [0.2, 0.25) is 5.02 Å². The molecule has 0 heterocycles. The van der Waals surface area contributed by atoms with Crippen LogP contribution < -0.4 is 21.1 Å². The van der Waals surface area contributed by atoms with Crippen molar-refractivity contribution in [2.24, 2.45) is 0 Å². The van der Waals surface area contributed by atoms with Crippen molar-refractivity contribution < 1.29 is 13.9 Å². The van der Waals surface area contributed by atoms with Gasteiger partial charge < -0.3 is 21.1 Å². The maximum atomic E-state index is 13.5. The molecule has 4 N–H and O–H groups in total. The fraction of sp³-hybridized carbons (Fsp3) is 0.278. The minimum Gasteiger partial charge on any atom is -0.456 e. The molecule has 0 aromatic heterocycles. The van der Waals surface area contributed by atoms with Gasteiger partial charge in [-0.1, -0.05) is 25.4 Å². The van der Waals surface area contributed by atoms with Crippen molar-refractivity contribution >= 4 is 29.0 Å². The molecule has 0 aliphatic heterocycles. The Bertz CT molecular complexity index is 751. The summed E-state index contributed by atoms with van der Waals surface area (Å²) in [4.78, 5) is 11.9. The van der Waals surface area contributed by atoms with Gasteiger partial charge in [0, 0.05) is 17.8 Å². The molecule has 0 spiro atoms. The summed E-state index contributed by atoms with van der Waals surface area (Å²) < 4.78 is 19.0. The van der Waals surface area contributed by atoms with Gasteiger partial charge in [-0.3, -0.25) is 0 Å². The topological polar surface area (TPSA) is 76.4 Å². The summed E-state index contributed by atoms with van der Waals surface area (Å²) >= 11 is 6.18. The van der Waals surface area contributed by atoms with Gasteiger partial charge in [0.05, 0.1) is 10.7 Å². The van der Waals surface area contributed by atoms with E-state index in [1.54, 1.807) is 24.3 Å². The Morgan fingerprint density at radius 2 is 1.96 bits per heavy atom. The highest BCUT2D eigenvalue weighted by Crippen LogP contribution is 2.32. The first-order chi connectivity index (χ1) is 11.9. The van der Waals surface area contributed by atoms with Crippen LogP contribution in [0.25, 0.3) is 0 Å². The second-order valence-electron chi connectivity index (χ2n) is 5.54. The highest BCUT2D eigenvalue weighted by Gasteiger charge is 2.11. The summed E-state index contributed by atoms with van der Waals surface area (Å²) in [6.07, 6.45) is 1.71. The molecule has 7 heteroatoms. The molecular weight excluding hydrogens is 345 g/mol. The van der Waals surface area contributed by atoms with Crippen molar-refractivity contribution in [2.45, 2.75) is 32.7 Å². The Kier molecular flexibility index (Phi) is 6.47. The van der Waals surface area contributed by atoms with Crippen LogP contribution >= 0.6 is 11.6 Å². The van der Waals surface area contributed by atoms with E-state index in [1.165, 1.54) is 12.1 Å². The molecule has 2 aromatic carbocycles. The van der Waals surface area contributed by atoms with Gasteiger partial charge in [-0.15, -0.1) is 0 Å². The van der Waals surface area contributed by atoms with E-state index in [0.717, 1.165) is 12.8 Å². The number of nitrogen functional groups attached to an aromatic ring is 1. The van der Waals surface area contributed by atoms with Crippen molar-refractivity contribution in [3.63, 3.8) is 0 Å². The molecular formula is C18H21ClFN3O2. The van der Waals surface area contributed by atoms with E-state index in [0.29, 0.717) is 11.4 Å². The lowest BCUT2D eigenvalue weighted by Gasteiger charge is -2.16. The van der Waals surface area contributed by atoms with E-state index in [2.05, 4.69) is 10.6 Å². The third kappa shape index (κ3) is 5.26. The molecule has 2 amide bonds. The minimum atomic E-state index is -0.565. The Morgan fingerprint density at radius 1 is 1.24 bits per heavy atom. The third-order valence-corrected chi connectivity index (χ3v) is 4.01. The van der Waals surface area contributed by atoms with Gasteiger partial charge in [-0.25, -0.2) is 9.18 Å². The molecule has 0 bridgehead atoms. The van der Waals surface area contributed by atoms with Crippen molar-refractivity contribution in [2.75, 3.05) is 11.1 Å². The Labute approximate surface area is 151 Å². The largest absolute Gasteiger partial charge is 0.456 e. The summed E-state index contributed by atoms with van der Waals surface area (Å²) in [6, 6.07) is 8.79. The zero-order valence-electron chi connectivity index (χ0n) is 14.1. The molecule has 0 saturated heterocycles. The normalized spacial score (nSPS) is 10.6. The average Bonchev–Trinajstić information content (AvgIpc) is 2.58. The number of rotatable bonds is 6. The van der Waals surface area contributed by atoms with E-state index < -0.39 is 5.82 Å². The number of halogens is 2. The lowest BCUT2D eigenvalue weighted by Crippen LogP contribution is -2.37. The highest BCUT2D eigenvalue weighted by atomic mass is 35.5. The monoisotopic (exact) mass is 365 g/mol. The molecule has 0 unspecified atom stereocenters. The number of carbonyl (C=O) groups is 1. The van der Waals surface area contributed by atoms with Gasteiger partial charge in [0.15, 0.2) is 0 Å². The highest BCUT2D eigenvalue weighted by molar-refractivity contribution is 6.32. The molecule has 0 radical (unpaired) electrons. The van der Waals surface area contributed by atoms with Gasteiger partial charge >= 0.3 is 6.03 Å². The summed E-state index contributed by atoms with van der Waals surface area (Å²) in [5.41, 5.74) is 6.00. The number of carbonyl (C=O) groups excluding carboxylic acids is 1. The quantitative estimate of drug-likeness (QED) is 0.618. The maximum Gasteiger partial charge on any atom is 0.319 e. The first kappa shape index (κ1) is 18.9. The molecule has 25 heavy (non-hydrogen) atoms. The smallest absolute Gasteiger partial charge is 0.319 e. The molecule has 5 nitrogen and oxygen atoms in total. The summed E-state index contributed by atoms with van der Waals surface area (Å²) in [6.45, 7) is 4.02. The average molecular weight is 366 g/mol. The summed E-state index contributed by atoms with van der Waals surface area (Å²) in [7, 11) is 0. The van der Waals surface area contributed by atoms with Gasteiger partial charge in [0.1, 0.15) is 17.3 Å². The number of hydrogen-bond acceptors (Lipinski definition) is 3. The zero-order chi connectivity index (χ0) is 18.4. The Morgan fingerprint density at radius 3 is 2.56 bits per heavy atom. The third-order valence-electron chi connectivity index (χ3n) is 3.71. The molecule has 134 valence electrons. The van der Waals surface area contributed by atoms with E-state index >= 15 is 0 Å². The van der Waals surface area contributed by atoms with E-state index in [9.17, 15) is 9.18 Å². The first-order valence-corrected chi connectivity index (χ1v) is 8.40. The van der Waals surface area contributed by atoms with E-state index in [-0.39, 0.29) is 28.5 Å². The van der Waals surface area contributed by atoms with Crippen LogP contribution in [0.4, 0.5) is 20.6 Å². The fourth-order valence-corrected chi connectivity index (χ4v) is 2.42. The Hall–Kier alpha value is -2.47. The van der Waals surface area contributed by atoms with Gasteiger partial charge in [0.25, 0.3) is 0 Å². The second kappa shape index (κ2) is 8.58. The SMILES string of the molecule is CCC(CC)NC(=O)Nc1ccc(Oc2ccc(N)c(F)c2)c(Cl)c1. The Balaban J connectivity index is 2.04. The van der Waals surface area contributed by atoms with E-state index in [1.807, 2.05) is 13.8 Å². The van der Waals surface area contributed by atoms with Crippen LogP contribution in [-0.4, -0.2) is 12.1 Å². The lowest BCUT2D eigenvalue weighted by atomic mass is 10.2. The van der Waals surface area contributed by atoms with Gasteiger partial charge in [-0.2, -0.15) is 0 Å². The first-order valence-electron chi connectivity index (χ1n) is 8.02. The number of amides is 2. The molecule has 0 saturated carbocycles. The molecule has 0 atom stereocenters. The molecule has 0 fully saturated rings.